The van der Waals surface area contributed by atoms with E-state index in [9.17, 15) is 9.59 Å². The largest absolute Gasteiger partial charge is 0.497 e. The number of methoxy groups -OCH3 is 1. The standard InChI is InChI=1S/C21H27N5O4.CH2O2/c1-4-25-21(23-16(24-25)11-17(27)22-2)20-19(13-5-9-15(29-3)10-6-13)26(14-7-8-14)18(28)12-30-20;2-1-3/h5-6,9-10,14,19-20H,4,7-8,11-12H2,1-3H3,(H,22,27);1H,(H,2,3)/t19-,20+;/m1./s1. The molecule has 4 rings (SSSR count). The maximum absolute atomic E-state index is 12.8. The first-order valence-electron chi connectivity index (χ1n) is 10.8. The van der Waals surface area contributed by atoms with Crippen molar-refractivity contribution in [1.82, 2.24) is 25.0 Å². The van der Waals surface area contributed by atoms with Crippen molar-refractivity contribution in [2.24, 2.45) is 0 Å². The number of morpholine rings is 1. The summed E-state index contributed by atoms with van der Waals surface area (Å²) in [7, 11) is 3.21. The number of aromatic nitrogens is 3. The Balaban J connectivity index is 0.000000968. The molecule has 1 aromatic heterocycles. The van der Waals surface area contributed by atoms with Crippen LogP contribution in [0.3, 0.4) is 0 Å². The zero-order valence-corrected chi connectivity index (χ0v) is 18.9. The summed E-state index contributed by atoms with van der Waals surface area (Å²) in [5.74, 6) is 1.66. The quantitative estimate of drug-likeness (QED) is 0.588. The Kier molecular flexibility index (Phi) is 7.99. The number of likely N-dealkylation sites (N-methyl/N-ethyl adjacent to an activating group) is 1. The molecule has 2 N–H and O–H groups in total. The molecule has 178 valence electrons. The minimum absolute atomic E-state index is 0.00910. The Hall–Kier alpha value is -3.47. The fourth-order valence-corrected chi connectivity index (χ4v) is 3.92. The van der Waals surface area contributed by atoms with E-state index in [1.54, 1.807) is 18.8 Å². The van der Waals surface area contributed by atoms with Crippen LogP contribution in [0.25, 0.3) is 0 Å². The van der Waals surface area contributed by atoms with Gasteiger partial charge in [0, 0.05) is 19.6 Å². The first-order valence-corrected chi connectivity index (χ1v) is 10.8. The van der Waals surface area contributed by atoms with Gasteiger partial charge < -0.3 is 24.8 Å². The number of amides is 2. The average molecular weight is 460 g/mol. The van der Waals surface area contributed by atoms with Gasteiger partial charge in [0.25, 0.3) is 6.47 Å². The van der Waals surface area contributed by atoms with E-state index in [1.807, 2.05) is 36.1 Å². The molecule has 33 heavy (non-hydrogen) atoms. The van der Waals surface area contributed by atoms with Crippen molar-refractivity contribution in [1.29, 1.82) is 0 Å². The van der Waals surface area contributed by atoms with E-state index in [-0.39, 0.29) is 43.4 Å². The molecule has 11 heteroatoms. The van der Waals surface area contributed by atoms with E-state index >= 15 is 0 Å². The molecule has 1 aromatic carbocycles. The van der Waals surface area contributed by atoms with Crippen molar-refractivity contribution in [2.75, 3.05) is 20.8 Å². The number of nitrogens with one attached hydrogen (secondary N) is 1. The lowest BCUT2D eigenvalue weighted by molar-refractivity contribution is -0.160. The third-order valence-electron chi connectivity index (χ3n) is 5.55. The smallest absolute Gasteiger partial charge is 0.290 e. The van der Waals surface area contributed by atoms with Gasteiger partial charge in [0.05, 0.1) is 19.6 Å². The number of carboxylic acid groups (broad SMARTS) is 1. The molecule has 2 atom stereocenters. The average Bonchev–Trinajstić information content (AvgIpc) is 3.59. The number of carbonyl (C=O) groups is 3. The van der Waals surface area contributed by atoms with Crippen LogP contribution in [0.4, 0.5) is 0 Å². The second-order valence-corrected chi connectivity index (χ2v) is 7.64. The summed E-state index contributed by atoms with van der Waals surface area (Å²) in [6.45, 7) is 2.31. The van der Waals surface area contributed by atoms with Crippen LogP contribution in [0.2, 0.25) is 0 Å². The molecule has 1 saturated carbocycles. The lowest BCUT2D eigenvalue weighted by Gasteiger charge is -2.41. The maximum atomic E-state index is 12.8. The lowest BCUT2D eigenvalue weighted by Crippen LogP contribution is -2.47. The number of hydrogen-bond acceptors (Lipinski definition) is 7. The van der Waals surface area contributed by atoms with Crippen LogP contribution < -0.4 is 10.1 Å². The molecule has 2 fully saturated rings. The van der Waals surface area contributed by atoms with Gasteiger partial charge >= 0.3 is 0 Å². The Morgan fingerprint density at radius 2 is 2.00 bits per heavy atom. The predicted octanol–water partition coefficient (Wildman–Crippen LogP) is 1.10. The summed E-state index contributed by atoms with van der Waals surface area (Å²) in [6, 6.07) is 7.61. The number of rotatable bonds is 7. The number of carbonyl (C=O) groups excluding carboxylic acids is 2. The molecule has 2 amide bonds. The summed E-state index contributed by atoms with van der Waals surface area (Å²) in [6.07, 6.45) is 1.62. The van der Waals surface area contributed by atoms with Crippen LogP contribution in [0.15, 0.2) is 24.3 Å². The van der Waals surface area contributed by atoms with Gasteiger partial charge in [-0.05, 0) is 37.5 Å². The summed E-state index contributed by atoms with van der Waals surface area (Å²) in [4.78, 5) is 39.5. The maximum Gasteiger partial charge on any atom is 0.290 e. The normalized spacial score (nSPS) is 20.0. The molecule has 0 unspecified atom stereocenters. The molecule has 2 aliphatic rings. The molecule has 11 nitrogen and oxygen atoms in total. The minimum atomic E-state index is -0.470. The topological polar surface area (TPSA) is 136 Å². The van der Waals surface area contributed by atoms with E-state index < -0.39 is 6.10 Å². The van der Waals surface area contributed by atoms with E-state index in [0.29, 0.717) is 18.2 Å². The monoisotopic (exact) mass is 459 g/mol. The van der Waals surface area contributed by atoms with Crippen LogP contribution in [-0.2, 0) is 32.1 Å². The molecule has 0 spiro atoms. The van der Waals surface area contributed by atoms with Crippen LogP contribution in [-0.4, -0.2) is 69.9 Å². The SMILES string of the molecule is CCn1nc(CC(=O)NC)nc1[C@H]1OCC(=O)N(C2CC2)[C@@H]1c1ccc(OC)cc1.O=CO. The first kappa shape index (κ1) is 24.2. The van der Waals surface area contributed by atoms with E-state index in [0.717, 1.165) is 24.2 Å². The Morgan fingerprint density at radius 3 is 2.55 bits per heavy atom. The van der Waals surface area contributed by atoms with Gasteiger partial charge in [-0.15, -0.1) is 0 Å². The van der Waals surface area contributed by atoms with Gasteiger partial charge in [-0.25, -0.2) is 9.67 Å². The minimum Gasteiger partial charge on any atom is -0.497 e. The molecular weight excluding hydrogens is 430 g/mol. The Bertz CT molecular complexity index is 972. The summed E-state index contributed by atoms with van der Waals surface area (Å²) >= 11 is 0. The van der Waals surface area contributed by atoms with Crippen molar-refractivity contribution in [2.45, 2.75) is 50.9 Å². The van der Waals surface area contributed by atoms with Crippen molar-refractivity contribution in [3.8, 4) is 5.75 Å². The number of ether oxygens (including phenoxy) is 2. The second-order valence-electron chi connectivity index (χ2n) is 7.64. The van der Waals surface area contributed by atoms with E-state index in [1.165, 1.54) is 0 Å². The second kappa shape index (κ2) is 10.9. The number of benzene rings is 1. The summed E-state index contributed by atoms with van der Waals surface area (Å²) in [5.41, 5.74) is 0.958. The van der Waals surface area contributed by atoms with Crippen molar-refractivity contribution in [3.63, 3.8) is 0 Å². The summed E-state index contributed by atoms with van der Waals surface area (Å²) < 4.78 is 13.1. The highest BCUT2D eigenvalue weighted by Crippen LogP contribution is 2.45. The molecule has 2 aromatic rings. The molecule has 0 bridgehead atoms. The zero-order valence-electron chi connectivity index (χ0n) is 18.9. The Morgan fingerprint density at radius 1 is 1.33 bits per heavy atom. The third-order valence-corrected chi connectivity index (χ3v) is 5.55. The molecule has 1 saturated heterocycles. The van der Waals surface area contributed by atoms with Gasteiger partial charge in [0.2, 0.25) is 11.8 Å². The number of aryl methyl sites for hydroxylation is 1. The number of nitrogens with zero attached hydrogens (tertiary/aromatic N) is 4. The van der Waals surface area contributed by atoms with Gasteiger partial charge in [-0.3, -0.25) is 14.4 Å². The van der Waals surface area contributed by atoms with Gasteiger partial charge in [0.1, 0.15) is 18.5 Å². The van der Waals surface area contributed by atoms with Gasteiger partial charge in [0.15, 0.2) is 11.6 Å². The van der Waals surface area contributed by atoms with Crippen molar-refractivity contribution in [3.05, 3.63) is 41.5 Å². The molecule has 0 radical (unpaired) electrons. The highest BCUT2D eigenvalue weighted by Gasteiger charge is 2.47. The van der Waals surface area contributed by atoms with E-state index in [2.05, 4.69) is 15.4 Å². The molecule has 2 heterocycles. The van der Waals surface area contributed by atoms with Crippen molar-refractivity contribution >= 4 is 18.3 Å². The van der Waals surface area contributed by atoms with Crippen molar-refractivity contribution < 1.29 is 29.0 Å². The highest BCUT2D eigenvalue weighted by atomic mass is 16.5. The molecular formula is C22H29N5O6. The fraction of sp³-hybridized carbons (Fsp3) is 0.500. The van der Waals surface area contributed by atoms with Crippen LogP contribution in [0.1, 0.15) is 49.1 Å². The van der Waals surface area contributed by atoms with Gasteiger partial charge in [-0.1, -0.05) is 12.1 Å². The fourth-order valence-electron chi connectivity index (χ4n) is 3.92. The first-order chi connectivity index (χ1) is 16.0. The third kappa shape index (κ3) is 5.48. The van der Waals surface area contributed by atoms with E-state index in [4.69, 9.17) is 19.4 Å². The van der Waals surface area contributed by atoms with Gasteiger partial charge in [-0.2, -0.15) is 5.10 Å². The predicted molar refractivity (Wildman–Crippen MR) is 116 cm³/mol. The van der Waals surface area contributed by atoms with Crippen LogP contribution >= 0.6 is 0 Å². The highest BCUT2D eigenvalue weighted by molar-refractivity contribution is 5.79. The van der Waals surface area contributed by atoms with Crippen LogP contribution in [0, 0.1) is 0 Å². The molecule has 1 aliphatic heterocycles. The molecule has 1 aliphatic carbocycles. The van der Waals surface area contributed by atoms with Crippen LogP contribution in [0.5, 0.6) is 5.75 Å². The summed E-state index contributed by atoms with van der Waals surface area (Å²) in [5, 5.41) is 14.0. The lowest BCUT2D eigenvalue weighted by atomic mass is 9.96. The Labute approximate surface area is 191 Å². The zero-order chi connectivity index (χ0) is 24.0. The number of hydrogen-bond donors (Lipinski definition) is 2.